The first-order valence-corrected chi connectivity index (χ1v) is 7.80. The lowest BCUT2D eigenvalue weighted by molar-refractivity contribution is -0.159. The number of sulfonamides is 1. The van der Waals surface area contributed by atoms with Crippen LogP contribution in [-0.2, 0) is 24.4 Å². The summed E-state index contributed by atoms with van der Waals surface area (Å²) in [4.78, 5) is 27.8. The van der Waals surface area contributed by atoms with Crippen LogP contribution >= 0.6 is 0 Å². The summed E-state index contributed by atoms with van der Waals surface area (Å²) < 4.78 is 29.4. The molecule has 0 atom stereocenters. The maximum absolute atomic E-state index is 12.4. The van der Waals surface area contributed by atoms with Gasteiger partial charge in [-0.1, -0.05) is 24.3 Å². The molecule has 1 aromatic carbocycles. The van der Waals surface area contributed by atoms with E-state index in [1.807, 2.05) is 0 Å². The molecule has 0 radical (unpaired) electrons. The Hall–Kier alpha value is -2.35. The fourth-order valence-corrected chi connectivity index (χ4v) is 2.41. The summed E-state index contributed by atoms with van der Waals surface area (Å²) in [7, 11) is -4.39. The fraction of sp³-hybridized carbons (Fsp3) is 0.286. The summed E-state index contributed by atoms with van der Waals surface area (Å²) in [5, 5.41) is 0. The SMILES string of the molecule is C=C(C)C(=O)ON(C(=O)OCC)S(=O)(=O)c1ccc(C)cc1. The van der Waals surface area contributed by atoms with Gasteiger partial charge < -0.3 is 9.57 Å². The monoisotopic (exact) mass is 327 g/mol. The molecule has 0 bridgehead atoms. The van der Waals surface area contributed by atoms with Gasteiger partial charge >= 0.3 is 22.1 Å². The highest BCUT2D eigenvalue weighted by atomic mass is 32.2. The van der Waals surface area contributed by atoms with Gasteiger partial charge in [-0.25, -0.2) is 9.59 Å². The summed E-state index contributed by atoms with van der Waals surface area (Å²) in [5.41, 5.74) is 0.772. The topological polar surface area (TPSA) is 90.0 Å². The molecule has 0 aliphatic rings. The number of hydrogen-bond acceptors (Lipinski definition) is 6. The van der Waals surface area contributed by atoms with E-state index in [0.717, 1.165) is 5.56 Å². The van der Waals surface area contributed by atoms with E-state index in [-0.39, 0.29) is 21.5 Å². The molecule has 0 aliphatic heterocycles. The van der Waals surface area contributed by atoms with Crippen molar-refractivity contribution >= 4 is 22.1 Å². The third-order valence-corrected chi connectivity index (χ3v) is 4.00. The van der Waals surface area contributed by atoms with Crippen LogP contribution in [0.2, 0.25) is 0 Å². The number of carbonyl (C=O) groups is 2. The molecule has 0 unspecified atom stereocenters. The lowest BCUT2D eigenvalue weighted by Crippen LogP contribution is -2.39. The zero-order valence-corrected chi connectivity index (χ0v) is 13.3. The van der Waals surface area contributed by atoms with Crippen molar-refractivity contribution in [2.24, 2.45) is 0 Å². The predicted octanol–water partition coefficient (Wildman–Crippen LogP) is 2.18. The van der Waals surface area contributed by atoms with Crippen molar-refractivity contribution in [1.82, 2.24) is 4.47 Å². The molecule has 1 aromatic rings. The number of carbonyl (C=O) groups excluding carboxylic acids is 2. The molecule has 7 nitrogen and oxygen atoms in total. The molecule has 0 saturated carbocycles. The van der Waals surface area contributed by atoms with E-state index >= 15 is 0 Å². The molecule has 0 spiro atoms. The first-order chi connectivity index (χ1) is 10.2. The van der Waals surface area contributed by atoms with Gasteiger partial charge in [-0.2, -0.15) is 8.42 Å². The Bertz CT molecular complexity index is 678. The highest BCUT2D eigenvalue weighted by Gasteiger charge is 2.35. The van der Waals surface area contributed by atoms with Crippen LogP contribution in [-0.4, -0.2) is 31.6 Å². The molecule has 0 saturated heterocycles. The Kier molecular flexibility index (Phi) is 5.69. The lowest BCUT2D eigenvalue weighted by Gasteiger charge is -2.19. The van der Waals surface area contributed by atoms with Gasteiger partial charge in [-0.05, 0) is 37.4 Å². The molecule has 0 aliphatic carbocycles. The van der Waals surface area contributed by atoms with E-state index in [1.54, 1.807) is 19.1 Å². The Morgan fingerprint density at radius 1 is 1.23 bits per heavy atom. The predicted molar refractivity (Wildman–Crippen MR) is 78.1 cm³/mol. The van der Waals surface area contributed by atoms with Gasteiger partial charge in [0.1, 0.15) is 0 Å². The highest BCUT2D eigenvalue weighted by molar-refractivity contribution is 7.89. The van der Waals surface area contributed by atoms with Gasteiger partial charge in [0, 0.05) is 5.57 Å². The number of benzene rings is 1. The number of amides is 1. The van der Waals surface area contributed by atoms with Crippen LogP contribution in [0, 0.1) is 6.92 Å². The zero-order valence-electron chi connectivity index (χ0n) is 12.5. The van der Waals surface area contributed by atoms with Gasteiger partial charge in [0.25, 0.3) is 0 Å². The van der Waals surface area contributed by atoms with Crippen LogP contribution in [0.4, 0.5) is 4.79 Å². The number of ether oxygens (including phenoxy) is 1. The third-order valence-electron chi connectivity index (χ3n) is 2.47. The van der Waals surface area contributed by atoms with Gasteiger partial charge in [-0.3, -0.25) is 0 Å². The number of nitrogens with zero attached hydrogens (tertiary/aromatic N) is 1. The molecule has 0 aromatic heterocycles. The standard InChI is InChI=1S/C14H17NO6S/c1-5-20-14(17)15(21-13(16)10(2)3)22(18,19)12-8-6-11(4)7-9-12/h6-9H,2,5H2,1,3-4H3. The van der Waals surface area contributed by atoms with Gasteiger partial charge in [0.15, 0.2) is 0 Å². The molecule has 8 heteroatoms. The smallest absolute Gasteiger partial charge is 0.447 e. The van der Waals surface area contributed by atoms with Gasteiger partial charge in [0.2, 0.25) is 0 Å². The van der Waals surface area contributed by atoms with E-state index in [9.17, 15) is 18.0 Å². The Labute approximate surface area is 129 Å². The Balaban J connectivity index is 3.23. The van der Waals surface area contributed by atoms with E-state index in [0.29, 0.717) is 0 Å². The van der Waals surface area contributed by atoms with Crippen LogP contribution in [0.5, 0.6) is 0 Å². The largest absolute Gasteiger partial charge is 0.458 e. The van der Waals surface area contributed by atoms with Gasteiger partial charge in [0.05, 0.1) is 11.5 Å². The van der Waals surface area contributed by atoms with Gasteiger partial charge in [-0.15, -0.1) is 0 Å². The van der Waals surface area contributed by atoms with E-state index in [2.05, 4.69) is 16.2 Å². The minimum Gasteiger partial charge on any atom is -0.447 e. The Morgan fingerprint density at radius 3 is 2.23 bits per heavy atom. The molecule has 0 N–H and O–H groups in total. The normalized spacial score (nSPS) is 10.7. The number of hydroxylamine groups is 1. The quantitative estimate of drug-likeness (QED) is 0.622. The second-order valence-corrected chi connectivity index (χ2v) is 6.16. The first kappa shape index (κ1) is 17.7. The van der Waals surface area contributed by atoms with Crippen molar-refractivity contribution in [2.45, 2.75) is 25.7 Å². The number of rotatable bonds is 4. The second kappa shape index (κ2) is 7.08. The van der Waals surface area contributed by atoms with Crippen molar-refractivity contribution in [2.75, 3.05) is 6.61 Å². The summed E-state index contributed by atoms with van der Waals surface area (Å²) in [6.07, 6.45) is -1.31. The Morgan fingerprint density at radius 2 is 1.77 bits per heavy atom. The maximum Gasteiger partial charge on any atom is 0.458 e. The van der Waals surface area contributed by atoms with Crippen molar-refractivity contribution in [3.05, 3.63) is 42.0 Å². The molecule has 120 valence electrons. The maximum atomic E-state index is 12.4. The molecule has 0 fully saturated rings. The van der Waals surface area contributed by atoms with Crippen molar-refractivity contribution in [3.63, 3.8) is 0 Å². The van der Waals surface area contributed by atoms with E-state index < -0.39 is 22.1 Å². The first-order valence-electron chi connectivity index (χ1n) is 6.36. The van der Waals surface area contributed by atoms with E-state index in [1.165, 1.54) is 26.0 Å². The number of aryl methyl sites for hydroxylation is 1. The summed E-state index contributed by atoms with van der Waals surface area (Å²) in [6.45, 7) is 7.85. The van der Waals surface area contributed by atoms with Crippen molar-refractivity contribution < 1.29 is 27.6 Å². The number of hydrogen-bond donors (Lipinski definition) is 0. The molecular formula is C14H17NO6S. The van der Waals surface area contributed by atoms with Crippen LogP contribution in [0.15, 0.2) is 41.3 Å². The molecule has 22 heavy (non-hydrogen) atoms. The zero-order chi connectivity index (χ0) is 16.9. The average Bonchev–Trinajstić information content (AvgIpc) is 2.44. The molecule has 1 amide bonds. The minimum absolute atomic E-state index is 0.0617. The van der Waals surface area contributed by atoms with Crippen LogP contribution in [0.1, 0.15) is 19.4 Å². The summed E-state index contributed by atoms with van der Waals surface area (Å²) in [6, 6.07) is 5.70. The minimum atomic E-state index is -4.39. The highest BCUT2D eigenvalue weighted by Crippen LogP contribution is 2.18. The fourth-order valence-electron chi connectivity index (χ4n) is 1.32. The van der Waals surface area contributed by atoms with Crippen LogP contribution in [0.3, 0.4) is 0 Å². The summed E-state index contributed by atoms with van der Waals surface area (Å²) >= 11 is 0. The van der Waals surface area contributed by atoms with Crippen molar-refractivity contribution in [1.29, 1.82) is 0 Å². The molecule has 0 heterocycles. The second-order valence-electron chi connectivity index (χ2n) is 4.40. The van der Waals surface area contributed by atoms with Crippen LogP contribution in [0.25, 0.3) is 0 Å². The summed E-state index contributed by atoms with van der Waals surface area (Å²) in [5.74, 6) is -1.05. The van der Waals surface area contributed by atoms with E-state index in [4.69, 9.17) is 0 Å². The molecular weight excluding hydrogens is 310 g/mol. The lowest BCUT2D eigenvalue weighted by atomic mass is 10.2. The van der Waals surface area contributed by atoms with Crippen molar-refractivity contribution in [3.8, 4) is 0 Å². The third kappa shape index (κ3) is 4.08. The average molecular weight is 327 g/mol. The van der Waals surface area contributed by atoms with Crippen LogP contribution < -0.4 is 0 Å². The molecule has 1 rings (SSSR count).